The van der Waals surface area contributed by atoms with Gasteiger partial charge in [-0.3, -0.25) is 9.59 Å². The molecule has 0 aliphatic carbocycles. The fourth-order valence-corrected chi connectivity index (χ4v) is 11.4. The summed E-state index contributed by atoms with van der Waals surface area (Å²) in [4.78, 5) is 24.6. The van der Waals surface area contributed by atoms with Gasteiger partial charge in [0.05, 0.1) is 25.4 Å². The average Bonchev–Trinajstić information content (AvgIpc) is 3.43. The molecule has 0 fully saturated rings. The highest BCUT2D eigenvalue weighted by molar-refractivity contribution is 5.76. The van der Waals surface area contributed by atoms with Gasteiger partial charge in [0.2, 0.25) is 5.91 Å². The highest BCUT2D eigenvalue weighted by atomic mass is 16.5. The lowest BCUT2D eigenvalue weighted by atomic mass is 10.0. The first-order valence-electron chi connectivity index (χ1n) is 35.4. The minimum absolute atomic E-state index is 0.0175. The number of carbonyl (C=O) groups excluding carboxylic acids is 2. The molecule has 6 heteroatoms. The van der Waals surface area contributed by atoms with Crippen molar-refractivity contribution in [3.05, 3.63) is 12.2 Å². The van der Waals surface area contributed by atoms with Crippen molar-refractivity contribution in [2.45, 2.75) is 418 Å². The van der Waals surface area contributed by atoms with Gasteiger partial charge in [-0.2, -0.15) is 0 Å². The van der Waals surface area contributed by atoms with Crippen LogP contribution < -0.4 is 5.32 Å². The summed E-state index contributed by atoms with van der Waals surface area (Å²) in [6.45, 7) is 5.00. The maximum absolute atomic E-state index is 12.5. The van der Waals surface area contributed by atoms with Crippen LogP contribution in [0.5, 0.6) is 0 Å². The van der Waals surface area contributed by atoms with Crippen LogP contribution in [0.1, 0.15) is 406 Å². The van der Waals surface area contributed by atoms with E-state index < -0.39 is 12.1 Å². The average molecular weight is 1090 g/mol. The molecule has 0 aromatic carbocycles. The summed E-state index contributed by atoms with van der Waals surface area (Å²) in [6, 6.07) is -0.544. The molecule has 1 amide bonds. The predicted octanol–water partition coefficient (Wildman–Crippen LogP) is 22.8. The molecular weight excluding hydrogens is 947 g/mol. The highest BCUT2D eigenvalue weighted by Crippen LogP contribution is 2.19. The Morgan fingerprint density at radius 3 is 0.922 bits per heavy atom. The lowest BCUT2D eigenvalue weighted by Crippen LogP contribution is -2.45. The number of hydrogen-bond donors (Lipinski definition) is 3. The van der Waals surface area contributed by atoms with Crippen LogP contribution in [0, 0.1) is 0 Å². The number of hydrogen-bond acceptors (Lipinski definition) is 5. The minimum Gasteiger partial charge on any atom is -0.466 e. The number of carbonyl (C=O) groups is 2. The van der Waals surface area contributed by atoms with E-state index in [0.29, 0.717) is 25.9 Å². The van der Waals surface area contributed by atoms with E-state index in [9.17, 15) is 19.8 Å². The van der Waals surface area contributed by atoms with Crippen molar-refractivity contribution >= 4 is 11.9 Å². The second-order valence-corrected chi connectivity index (χ2v) is 24.6. The number of allylic oxidation sites excluding steroid dienone is 2. The molecule has 0 aliphatic heterocycles. The Balaban J connectivity index is 3.38. The summed E-state index contributed by atoms with van der Waals surface area (Å²) in [5.41, 5.74) is 0. The Morgan fingerprint density at radius 2 is 0.610 bits per heavy atom. The van der Waals surface area contributed by atoms with Crippen LogP contribution in [-0.4, -0.2) is 47.4 Å². The third-order valence-electron chi connectivity index (χ3n) is 16.8. The fourth-order valence-electron chi connectivity index (χ4n) is 11.4. The first-order chi connectivity index (χ1) is 38.0. The van der Waals surface area contributed by atoms with Crippen molar-refractivity contribution in [1.29, 1.82) is 0 Å². The summed E-state index contributed by atoms with van der Waals surface area (Å²) in [5.74, 6) is -0.0159. The first-order valence-corrected chi connectivity index (χ1v) is 35.4. The predicted molar refractivity (Wildman–Crippen MR) is 338 cm³/mol. The number of aliphatic hydroxyl groups excluding tert-OH is 2. The van der Waals surface area contributed by atoms with Crippen molar-refractivity contribution < 1.29 is 24.5 Å². The molecule has 2 unspecified atom stereocenters. The summed E-state index contributed by atoms with van der Waals surface area (Å²) < 4.78 is 5.50. The molecule has 0 aliphatic rings. The standard InChI is InChI=1S/C71H139NO5/c1-3-5-7-9-11-13-15-17-19-20-21-29-32-36-39-43-47-51-55-59-63-69(74)68(67-73)72-70(75)64-60-56-52-48-44-40-37-33-30-27-25-23-22-24-26-28-31-34-38-42-46-50-54-58-62-66-77-71(76)65-61-57-53-49-45-41-35-18-16-14-12-10-8-6-4-2/h23,25,68-69,73-74H,3-22,24,26-67H2,1-2H3,(H,72,75)/b25-23-. The number of amides is 1. The van der Waals surface area contributed by atoms with Crippen LogP contribution in [-0.2, 0) is 14.3 Å². The Labute approximate surface area is 482 Å². The molecule has 0 saturated heterocycles. The molecule has 3 N–H and O–H groups in total. The molecule has 0 aromatic heterocycles. The molecule has 6 nitrogen and oxygen atoms in total. The fraction of sp³-hybridized carbons (Fsp3) is 0.944. The van der Waals surface area contributed by atoms with Gasteiger partial charge in [-0.1, -0.05) is 353 Å². The second-order valence-electron chi connectivity index (χ2n) is 24.6. The van der Waals surface area contributed by atoms with Gasteiger partial charge >= 0.3 is 5.97 Å². The number of unbranched alkanes of at least 4 members (excludes halogenated alkanes) is 54. The van der Waals surface area contributed by atoms with Gasteiger partial charge in [0.15, 0.2) is 0 Å². The van der Waals surface area contributed by atoms with Crippen LogP contribution in [0.2, 0.25) is 0 Å². The molecule has 0 rings (SSSR count). The van der Waals surface area contributed by atoms with Gasteiger partial charge < -0.3 is 20.3 Å². The molecule has 2 atom stereocenters. The smallest absolute Gasteiger partial charge is 0.305 e. The van der Waals surface area contributed by atoms with E-state index in [0.717, 1.165) is 38.5 Å². The molecule has 0 bridgehead atoms. The van der Waals surface area contributed by atoms with E-state index in [2.05, 4.69) is 31.3 Å². The monoisotopic (exact) mass is 1090 g/mol. The van der Waals surface area contributed by atoms with Gasteiger partial charge in [0.25, 0.3) is 0 Å². The number of rotatable bonds is 67. The second kappa shape index (κ2) is 67.1. The maximum Gasteiger partial charge on any atom is 0.305 e. The third kappa shape index (κ3) is 63.6. The molecule has 0 radical (unpaired) electrons. The largest absolute Gasteiger partial charge is 0.466 e. The molecule has 0 saturated carbocycles. The lowest BCUT2D eigenvalue weighted by Gasteiger charge is -2.22. The van der Waals surface area contributed by atoms with E-state index in [1.165, 1.54) is 334 Å². The van der Waals surface area contributed by atoms with Crippen molar-refractivity contribution in [3.8, 4) is 0 Å². The quantitative estimate of drug-likeness (QED) is 0.0320. The molecule has 0 aromatic rings. The molecule has 458 valence electrons. The Hall–Kier alpha value is -1.40. The Bertz CT molecular complexity index is 1160. The number of ether oxygens (including phenoxy) is 1. The summed E-state index contributed by atoms with van der Waals surface area (Å²) in [5, 5.41) is 23.4. The zero-order valence-electron chi connectivity index (χ0n) is 52.5. The van der Waals surface area contributed by atoms with Crippen molar-refractivity contribution in [3.63, 3.8) is 0 Å². The lowest BCUT2D eigenvalue weighted by molar-refractivity contribution is -0.143. The topological polar surface area (TPSA) is 95.9 Å². The molecule has 0 spiro atoms. The zero-order valence-corrected chi connectivity index (χ0v) is 52.5. The maximum atomic E-state index is 12.5. The number of aliphatic hydroxyl groups is 2. The Kier molecular flexibility index (Phi) is 65.9. The van der Waals surface area contributed by atoms with Crippen LogP contribution in [0.25, 0.3) is 0 Å². The highest BCUT2D eigenvalue weighted by Gasteiger charge is 2.20. The van der Waals surface area contributed by atoms with Gasteiger partial charge in [-0.15, -0.1) is 0 Å². The van der Waals surface area contributed by atoms with E-state index in [-0.39, 0.29) is 18.5 Å². The SMILES string of the molecule is CCCCCCCCCCCCCCCCCCCCCCC(O)C(CO)NC(=O)CCCCCCCCCCC/C=C\CCCCCCCCCCCCCCOC(=O)CCCCCCCCCCCCCCCCC. The number of nitrogens with one attached hydrogen (secondary N) is 1. The van der Waals surface area contributed by atoms with E-state index >= 15 is 0 Å². The molecule has 77 heavy (non-hydrogen) atoms. The van der Waals surface area contributed by atoms with Crippen molar-refractivity contribution in [2.75, 3.05) is 13.2 Å². The van der Waals surface area contributed by atoms with E-state index in [1.54, 1.807) is 0 Å². The summed E-state index contributed by atoms with van der Waals surface area (Å²) in [6.07, 6.45) is 82.5. The number of esters is 1. The van der Waals surface area contributed by atoms with Crippen LogP contribution >= 0.6 is 0 Å². The van der Waals surface area contributed by atoms with Crippen molar-refractivity contribution in [2.24, 2.45) is 0 Å². The van der Waals surface area contributed by atoms with Gasteiger partial charge in [-0.05, 0) is 51.4 Å². The van der Waals surface area contributed by atoms with Crippen LogP contribution in [0.3, 0.4) is 0 Å². The molecule has 0 heterocycles. The summed E-state index contributed by atoms with van der Waals surface area (Å²) >= 11 is 0. The first kappa shape index (κ1) is 75.6. The van der Waals surface area contributed by atoms with Crippen LogP contribution in [0.4, 0.5) is 0 Å². The zero-order chi connectivity index (χ0) is 55.7. The van der Waals surface area contributed by atoms with Crippen LogP contribution in [0.15, 0.2) is 12.2 Å². The third-order valence-corrected chi connectivity index (χ3v) is 16.8. The normalized spacial score (nSPS) is 12.5. The van der Waals surface area contributed by atoms with Gasteiger partial charge in [-0.25, -0.2) is 0 Å². The van der Waals surface area contributed by atoms with Gasteiger partial charge in [0, 0.05) is 12.8 Å². The van der Waals surface area contributed by atoms with E-state index in [1.807, 2.05) is 0 Å². The minimum atomic E-state index is -0.666. The summed E-state index contributed by atoms with van der Waals surface area (Å²) in [7, 11) is 0. The van der Waals surface area contributed by atoms with E-state index in [4.69, 9.17) is 4.74 Å². The molecular formula is C71H139NO5. The Morgan fingerprint density at radius 1 is 0.351 bits per heavy atom. The van der Waals surface area contributed by atoms with Crippen molar-refractivity contribution in [1.82, 2.24) is 5.32 Å². The van der Waals surface area contributed by atoms with Gasteiger partial charge in [0.1, 0.15) is 0 Å².